The maximum Gasteiger partial charge on any atom is 0.254 e. The van der Waals surface area contributed by atoms with E-state index < -0.39 is 12.0 Å². The molecule has 6 heteroatoms. The number of hydrogen-bond donors (Lipinski definition) is 1. The second kappa shape index (κ2) is 9.75. The largest absolute Gasteiger partial charge is 0.497 e. The van der Waals surface area contributed by atoms with Crippen molar-refractivity contribution < 1.29 is 18.7 Å². The molecule has 34 heavy (non-hydrogen) atoms. The van der Waals surface area contributed by atoms with E-state index in [1.54, 1.807) is 19.4 Å². The van der Waals surface area contributed by atoms with Crippen molar-refractivity contribution in [1.82, 2.24) is 10.2 Å². The van der Waals surface area contributed by atoms with Crippen molar-refractivity contribution in [2.45, 2.75) is 56.7 Å². The monoisotopic (exact) mass is 458 g/mol. The van der Waals surface area contributed by atoms with Crippen LogP contribution >= 0.6 is 0 Å². The molecule has 1 aliphatic carbocycles. The highest BCUT2D eigenvalue weighted by molar-refractivity contribution is 6.01. The molecule has 1 fully saturated rings. The summed E-state index contributed by atoms with van der Waals surface area (Å²) in [5.74, 6) is 0.809. The Morgan fingerprint density at radius 1 is 1.03 bits per heavy atom. The van der Waals surface area contributed by atoms with Crippen molar-refractivity contribution in [3.63, 3.8) is 0 Å². The van der Waals surface area contributed by atoms with Crippen LogP contribution in [0.5, 0.6) is 5.75 Å². The number of ether oxygens (including phenoxy) is 1. The van der Waals surface area contributed by atoms with Gasteiger partial charge in [0.05, 0.1) is 31.9 Å². The van der Waals surface area contributed by atoms with Crippen LogP contribution in [0.15, 0.2) is 71.3 Å². The van der Waals surface area contributed by atoms with Gasteiger partial charge in [-0.3, -0.25) is 9.59 Å². The zero-order valence-electron chi connectivity index (χ0n) is 19.4. The van der Waals surface area contributed by atoms with Crippen LogP contribution in [-0.2, 0) is 11.3 Å². The van der Waals surface area contributed by atoms with Gasteiger partial charge in [-0.05, 0) is 54.3 Å². The highest BCUT2D eigenvalue weighted by Gasteiger charge is 2.46. The van der Waals surface area contributed by atoms with Crippen molar-refractivity contribution in [2.24, 2.45) is 0 Å². The van der Waals surface area contributed by atoms with Crippen molar-refractivity contribution >= 4 is 11.8 Å². The highest BCUT2D eigenvalue weighted by Crippen LogP contribution is 2.46. The first-order valence-electron chi connectivity index (χ1n) is 12.0. The molecule has 0 bridgehead atoms. The highest BCUT2D eigenvalue weighted by atomic mass is 16.5. The number of carbonyl (C=O) groups is 2. The Morgan fingerprint density at radius 2 is 1.79 bits per heavy atom. The fraction of sp³-hybridized carbons (Fsp3) is 0.357. The molecule has 0 radical (unpaired) electrons. The van der Waals surface area contributed by atoms with E-state index in [0.717, 1.165) is 42.6 Å². The van der Waals surface area contributed by atoms with E-state index in [4.69, 9.17) is 9.15 Å². The second-order valence-corrected chi connectivity index (χ2v) is 9.08. The summed E-state index contributed by atoms with van der Waals surface area (Å²) >= 11 is 0. The Balaban J connectivity index is 1.59. The summed E-state index contributed by atoms with van der Waals surface area (Å²) in [4.78, 5) is 29.7. The number of carbonyl (C=O) groups excluding carboxylic acids is 2. The molecule has 2 aliphatic rings. The number of nitrogens with zero attached hydrogens (tertiary/aromatic N) is 1. The van der Waals surface area contributed by atoms with Crippen molar-refractivity contribution in [3.05, 3.63) is 89.4 Å². The number of furan rings is 1. The number of rotatable bonds is 6. The summed E-state index contributed by atoms with van der Waals surface area (Å²) in [6.07, 6.45) is 6.90. The number of methoxy groups -OCH3 is 1. The minimum Gasteiger partial charge on any atom is -0.497 e. The standard InChI is InChI=1S/C28H30N2O4/c1-33-21-15-13-19(14-16-21)26-25(27(31)29-18-22-10-7-17-34-22)23-11-5-6-12-24(23)28(32)30(26)20-8-3-2-4-9-20/h5-7,10-17,20,25-26H,2-4,8-9,18H2,1H3,(H,29,31)/t25-,26+/m0/s1. The molecule has 0 saturated heterocycles. The Labute approximate surface area is 199 Å². The molecule has 0 unspecified atom stereocenters. The van der Waals surface area contributed by atoms with Crippen LogP contribution in [0.25, 0.3) is 0 Å². The second-order valence-electron chi connectivity index (χ2n) is 9.08. The van der Waals surface area contributed by atoms with E-state index in [1.807, 2.05) is 59.5 Å². The van der Waals surface area contributed by atoms with Gasteiger partial charge < -0.3 is 19.4 Å². The van der Waals surface area contributed by atoms with Crippen LogP contribution in [-0.4, -0.2) is 29.9 Å². The van der Waals surface area contributed by atoms with E-state index in [9.17, 15) is 9.59 Å². The van der Waals surface area contributed by atoms with E-state index in [0.29, 0.717) is 17.9 Å². The average Bonchev–Trinajstić information content (AvgIpc) is 3.41. The minimum absolute atomic E-state index is 0.0124. The van der Waals surface area contributed by atoms with Crippen LogP contribution in [0.3, 0.4) is 0 Å². The molecule has 2 heterocycles. The summed E-state index contributed by atoms with van der Waals surface area (Å²) in [6.45, 7) is 0.303. The first-order valence-corrected chi connectivity index (χ1v) is 12.0. The van der Waals surface area contributed by atoms with Crippen LogP contribution < -0.4 is 10.1 Å². The molecule has 176 valence electrons. The Morgan fingerprint density at radius 3 is 2.50 bits per heavy atom. The molecule has 6 nitrogen and oxygen atoms in total. The van der Waals surface area contributed by atoms with Crippen LogP contribution in [0, 0.1) is 0 Å². The van der Waals surface area contributed by atoms with Gasteiger partial charge in [-0.25, -0.2) is 0 Å². The molecule has 1 saturated carbocycles. The van der Waals surface area contributed by atoms with E-state index >= 15 is 0 Å². The zero-order chi connectivity index (χ0) is 23.5. The predicted molar refractivity (Wildman–Crippen MR) is 129 cm³/mol. The maximum absolute atomic E-state index is 13.9. The molecule has 2 amide bonds. The molecular formula is C28H30N2O4. The number of benzene rings is 2. The number of amides is 2. The Kier molecular flexibility index (Phi) is 6.39. The lowest BCUT2D eigenvalue weighted by atomic mass is 9.77. The SMILES string of the molecule is COc1ccc([C@@H]2[C@@H](C(=O)NCc3ccco3)c3ccccc3C(=O)N2C2CCCCC2)cc1. The van der Waals surface area contributed by atoms with Gasteiger partial charge in [-0.15, -0.1) is 0 Å². The molecule has 3 aromatic rings. The molecule has 1 aromatic heterocycles. The van der Waals surface area contributed by atoms with E-state index in [2.05, 4.69) is 5.32 Å². The first-order chi connectivity index (χ1) is 16.7. The Bertz CT molecular complexity index is 1130. The molecular weight excluding hydrogens is 428 g/mol. The lowest BCUT2D eigenvalue weighted by Crippen LogP contribution is -2.51. The lowest BCUT2D eigenvalue weighted by Gasteiger charge is -2.46. The molecule has 2 atom stereocenters. The van der Waals surface area contributed by atoms with Crippen molar-refractivity contribution in [3.8, 4) is 5.75 Å². The van der Waals surface area contributed by atoms with Gasteiger partial charge in [-0.2, -0.15) is 0 Å². The fourth-order valence-corrected chi connectivity index (χ4v) is 5.45. The number of hydrogen-bond acceptors (Lipinski definition) is 4. The smallest absolute Gasteiger partial charge is 0.254 e. The van der Waals surface area contributed by atoms with Gasteiger partial charge in [-0.1, -0.05) is 49.6 Å². The van der Waals surface area contributed by atoms with E-state index in [1.165, 1.54) is 6.42 Å². The predicted octanol–water partition coefficient (Wildman–Crippen LogP) is 5.22. The third kappa shape index (κ3) is 4.20. The quantitative estimate of drug-likeness (QED) is 0.550. The number of fused-ring (bicyclic) bond motifs is 1. The third-order valence-electron chi connectivity index (χ3n) is 7.10. The van der Waals surface area contributed by atoms with Crippen LogP contribution in [0.2, 0.25) is 0 Å². The summed E-state index contributed by atoms with van der Waals surface area (Å²) in [5, 5.41) is 3.06. The zero-order valence-corrected chi connectivity index (χ0v) is 19.4. The van der Waals surface area contributed by atoms with Gasteiger partial charge >= 0.3 is 0 Å². The number of nitrogens with one attached hydrogen (secondary N) is 1. The van der Waals surface area contributed by atoms with Crippen molar-refractivity contribution in [2.75, 3.05) is 7.11 Å². The maximum atomic E-state index is 13.9. The molecule has 1 N–H and O–H groups in total. The minimum atomic E-state index is -0.529. The van der Waals surface area contributed by atoms with Gasteiger partial charge in [0.25, 0.3) is 5.91 Å². The van der Waals surface area contributed by atoms with Gasteiger partial charge in [0.1, 0.15) is 11.5 Å². The Hall–Kier alpha value is -3.54. The lowest BCUT2D eigenvalue weighted by molar-refractivity contribution is -0.124. The van der Waals surface area contributed by atoms with Crippen molar-refractivity contribution in [1.29, 1.82) is 0 Å². The van der Waals surface area contributed by atoms with Crippen LogP contribution in [0.4, 0.5) is 0 Å². The molecule has 0 spiro atoms. The normalized spacial score (nSPS) is 20.6. The summed E-state index contributed by atoms with van der Waals surface area (Å²) < 4.78 is 10.8. The van der Waals surface area contributed by atoms with Gasteiger partial charge in [0.15, 0.2) is 0 Å². The first kappa shape index (κ1) is 22.3. The third-order valence-corrected chi connectivity index (χ3v) is 7.10. The van der Waals surface area contributed by atoms with Crippen LogP contribution in [0.1, 0.15) is 71.3 Å². The molecule has 1 aliphatic heterocycles. The summed E-state index contributed by atoms with van der Waals surface area (Å²) in [5.41, 5.74) is 2.33. The summed E-state index contributed by atoms with van der Waals surface area (Å²) in [7, 11) is 1.63. The van der Waals surface area contributed by atoms with Gasteiger partial charge in [0.2, 0.25) is 5.91 Å². The van der Waals surface area contributed by atoms with E-state index in [-0.39, 0.29) is 17.9 Å². The summed E-state index contributed by atoms with van der Waals surface area (Å²) in [6, 6.07) is 18.7. The molecule has 2 aromatic carbocycles. The average molecular weight is 459 g/mol. The molecule has 5 rings (SSSR count). The van der Waals surface area contributed by atoms with Gasteiger partial charge in [0, 0.05) is 11.6 Å². The topological polar surface area (TPSA) is 71.8 Å². The fourth-order valence-electron chi connectivity index (χ4n) is 5.45.